The van der Waals surface area contributed by atoms with Crippen LogP contribution in [-0.2, 0) is 104 Å². The lowest BCUT2D eigenvalue weighted by atomic mass is 9.76. The minimum absolute atomic E-state index is 0.0112. The Balaban J connectivity index is 1.31. The molecule has 0 radical (unpaired) electrons. The topological polar surface area (TPSA) is 416 Å². The number of esters is 1. The van der Waals surface area contributed by atoms with Crippen LogP contribution < -0.4 is 51.7 Å². The van der Waals surface area contributed by atoms with Gasteiger partial charge in [0.15, 0.2) is 41.3 Å². The SMILES string of the molecule is CCCCCOc1ccc(-c2ccc(C[C@H](CC(=O)[C@H](CC(=O)OC(C)(C)C)NC(=O)[C@H](COC(C)(C)C)CC(=O)[C@@H](NC(=O)[C@@](C)(CC(=O)[C@@H](NC(=O)CCC(=O)[C@@H](N)Cc3nn[nH]n3)[C@@H](C)OC(C)(C)C)Cc3ccccc3F)[C@@H](C)OC(C)(C)C)C(=O)N[C@@H](CCCc3cc(C)cc(C)c3)C(=O)CC(c3ccc(OCC(N)=O)cc3)c3ccc(OC)cc3OC)cc2)c(CC)c1. The van der Waals surface area contributed by atoms with Crippen LogP contribution in [0.1, 0.15) is 251 Å². The number of tetrazole rings is 1. The van der Waals surface area contributed by atoms with Gasteiger partial charge in [-0.05, 0) is 231 Å². The second kappa shape index (κ2) is 50.7. The first kappa shape index (κ1) is 110. The number of benzene rings is 6. The van der Waals surface area contributed by atoms with Gasteiger partial charge in [-0.3, -0.25) is 52.7 Å². The maximum Gasteiger partial charge on any atom is 0.308 e. The first-order chi connectivity index (χ1) is 62.9. The number of rotatable bonds is 55. The number of nitrogens with zero attached hydrogens (tertiary/aromatic N) is 3. The van der Waals surface area contributed by atoms with Crippen LogP contribution in [0.2, 0.25) is 0 Å². The molecule has 1 aromatic heterocycles. The second-order valence-corrected chi connectivity index (χ2v) is 39.2. The minimum Gasteiger partial charge on any atom is -0.497 e. The number of ether oxygens (including phenoxy) is 8. The van der Waals surface area contributed by atoms with Gasteiger partial charge in [-0.1, -0.05) is 135 Å². The van der Waals surface area contributed by atoms with Crippen molar-refractivity contribution in [1.82, 2.24) is 41.9 Å². The number of methoxy groups -OCH3 is 2. The zero-order valence-corrected chi connectivity index (χ0v) is 82.2. The molecule has 9 N–H and O–H groups in total. The van der Waals surface area contributed by atoms with Gasteiger partial charge in [-0.2, -0.15) is 5.21 Å². The quantitative estimate of drug-likeness (QED) is 0.0137. The number of nitrogens with two attached hydrogens (primary N) is 2. The van der Waals surface area contributed by atoms with E-state index in [-0.39, 0.29) is 55.9 Å². The van der Waals surface area contributed by atoms with E-state index in [0.717, 1.165) is 58.4 Å². The van der Waals surface area contributed by atoms with Crippen molar-refractivity contribution >= 4 is 64.4 Å². The highest BCUT2D eigenvalue weighted by atomic mass is 19.1. The number of carbonyl (C=O) groups is 11. The van der Waals surface area contributed by atoms with E-state index in [9.17, 15) is 19.2 Å². The fourth-order valence-electron chi connectivity index (χ4n) is 16.2. The van der Waals surface area contributed by atoms with Crippen molar-refractivity contribution in [3.05, 3.63) is 184 Å². The summed E-state index contributed by atoms with van der Waals surface area (Å²) < 4.78 is 64.5. The number of aromatic amines is 1. The number of unbranched alkanes of at least 4 members (excludes halogenated alkanes) is 2. The molecule has 0 saturated heterocycles. The van der Waals surface area contributed by atoms with Gasteiger partial charge >= 0.3 is 5.97 Å². The summed E-state index contributed by atoms with van der Waals surface area (Å²) in [5, 5.41) is 25.1. The molecule has 29 nitrogen and oxygen atoms in total. The van der Waals surface area contributed by atoms with E-state index < -0.39 is 198 Å². The summed E-state index contributed by atoms with van der Waals surface area (Å²) in [6.07, 6.45) is -2.03. The Morgan fingerprint density at radius 3 is 1.75 bits per heavy atom. The van der Waals surface area contributed by atoms with Gasteiger partial charge in [-0.25, -0.2) is 4.39 Å². The van der Waals surface area contributed by atoms with Crippen molar-refractivity contribution in [3.63, 3.8) is 0 Å². The Morgan fingerprint density at radius 1 is 0.552 bits per heavy atom. The number of halogens is 1. The van der Waals surface area contributed by atoms with Gasteiger partial charge in [0.1, 0.15) is 46.5 Å². The Kier molecular flexibility index (Phi) is 41.5. The van der Waals surface area contributed by atoms with Gasteiger partial charge in [0.25, 0.3) is 5.91 Å². The van der Waals surface area contributed by atoms with Crippen LogP contribution in [0.25, 0.3) is 11.1 Å². The summed E-state index contributed by atoms with van der Waals surface area (Å²) >= 11 is 0. The van der Waals surface area contributed by atoms with Crippen molar-refractivity contribution < 1.29 is 95.0 Å². The fourth-order valence-corrected chi connectivity index (χ4v) is 16.2. The zero-order valence-electron chi connectivity index (χ0n) is 82.2. The van der Waals surface area contributed by atoms with E-state index in [1.807, 2.05) is 56.3 Å². The number of aryl methyl sites for hydroxylation is 4. The molecule has 6 aromatic carbocycles. The number of aromatic nitrogens is 4. The van der Waals surface area contributed by atoms with Crippen LogP contribution in [-0.4, -0.2) is 184 Å². The maximum absolute atomic E-state index is 16.2. The van der Waals surface area contributed by atoms with Crippen molar-refractivity contribution in [2.45, 2.75) is 311 Å². The van der Waals surface area contributed by atoms with Crippen LogP contribution in [0.3, 0.4) is 0 Å². The smallest absolute Gasteiger partial charge is 0.308 e. The molecule has 0 fully saturated rings. The van der Waals surface area contributed by atoms with Crippen LogP contribution in [0.15, 0.2) is 127 Å². The van der Waals surface area contributed by atoms with E-state index in [4.69, 9.17) is 49.4 Å². The molecule has 0 aliphatic carbocycles. The van der Waals surface area contributed by atoms with Crippen LogP contribution in [0.4, 0.5) is 4.39 Å². The summed E-state index contributed by atoms with van der Waals surface area (Å²) in [4.78, 5) is 164. The third-order valence-corrected chi connectivity index (χ3v) is 22.7. The largest absolute Gasteiger partial charge is 0.497 e. The normalized spacial score (nSPS) is 14.6. The molecule has 11 atom stereocenters. The first-order valence-electron chi connectivity index (χ1n) is 46.4. The molecule has 0 spiro atoms. The maximum atomic E-state index is 16.2. The van der Waals surface area contributed by atoms with Crippen LogP contribution in [0.5, 0.6) is 23.0 Å². The second-order valence-electron chi connectivity index (χ2n) is 39.2. The van der Waals surface area contributed by atoms with Crippen molar-refractivity contribution in [1.29, 1.82) is 0 Å². The Bertz CT molecular complexity index is 5070. The van der Waals surface area contributed by atoms with Crippen molar-refractivity contribution in [3.8, 4) is 34.1 Å². The first-order valence-corrected chi connectivity index (χ1v) is 46.4. The molecule has 0 aliphatic heterocycles. The molecule has 1 heterocycles. The van der Waals surface area contributed by atoms with Crippen molar-refractivity contribution in [2.75, 3.05) is 34.0 Å². The van der Waals surface area contributed by atoms with Gasteiger partial charge in [0, 0.05) is 68.4 Å². The highest BCUT2D eigenvalue weighted by molar-refractivity contribution is 6.00. The lowest BCUT2D eigenvalue weighted by Crippen LogP contribution is -2.57. The van der Waals surface area contributed by atoms with E-state index in [1.54, 1.807) is 139 Å². The zero-order chi connectivity index (χ0) is 99.2. The summed E-state index contributed by atoms with van der Waals surface area (Å²) in [5.41, 5.74) is 13.4. The Morgan fingerprint density at radius 2 is 1.16 bits per heavy atom. The number of H-pyrrole nitrogens is 1. The van der Waals surface area contributed by atoms with Crippen molar-refractivity contribution in [2.24, 2.45) is 28.7 Å². The number of Topliss-reactive ketones (excluding diaryl/α,β-unsaturated/α-hetero) is 5. The molecule has 7 rings (SSSR count). The number of primary amides is 1. The van der Waals surface area contributed by atoms with Gasteiger partial charge in [0.05, 0.1) is 92.3 Å². The summed E-state index contributed by atoms with van der Waals surface area (Å²) in [5.74, 6) is -10.4. The highest BCUT2D eigenvalue weighted by Gasteiger charge is 2.45. The summed E-state index contributed by atoms with van der Waals surface area (Å²) in [6.45, 7) is 32.8. The van der Waals surface area contributed by atoms with Gasteiger partial charge in [0.2, 0.25) is 23.6 Å². The Labute approximate surface area is 789 Å². The monoisotopic (exact) mass is 1860 g/mol. The number of ketones is 5. The van der Waals surface area contributed by atoms with E-state index >= 15 is 38.0 Å². The minimum atomic E-state index is -1.97. The number of carbonyl (C=O) groups excluding carboxylic acids is 11. The lowest BCUT2D eigenvalue weighted by Gasteiger charge is -2.36. The van der Waals surface area contributed by atoms with Crippen LogP contribution in [0, 0.1) is 36.9 Å². The highest BCUT2D eigenvalue weighted by Crippen LogP contribution is 2.40. The molecule has 0 bridgehead atoms. The van der Waals surface area contributed by atoms with E-state index in [2.05, 4.69) is 73.9 Å². The van der Waals surface area contributed by atoms with E-state index in [0.29, 0.717) is 59.8 Å². The lowest BCUT2D eigenvalue weighted by molar-refractivity contribution is -0.156. The molecule has 0 saturated carbocycles. The van der Waals surface area contributed by atoms with Gasteiger partial charge in [-0.15, -0.1) is 10.2 Å². The molecule has 134 heavy (non-hydrogen) atoms. The molecule has 7 aromatic rings. The van der Waals surface area contributed by atoms with Crippen LogP contribution >= 0.6 is 0 Å². The third kappa shape index (κ3) is 36.4. The number of hydrogen-bond donors (Lipinski definition) is 7. The number of nitrogens with one attached hydrogen (secondary N) is 5. The number of amides is 5. The standard InChI is InChI=1S/C104H143FN10O19/c1-22-24-27-47-129-77-42-43-78(69(23-2)52-77)70-35-33-67(34-36-70)51-73(97(124)108-83(32-28-29-68-49-63(3)48-64(4)50-68)87(118)56-80(79-44-41-76(127-20)55-90(79)128-21)71-37-39-75(40-38-71)130-62-91(107)121)53-86(117)84(58-94(123)134-103(16,17)18)109-98(125)74(61-131-100(7,8)9)54-88(119)95(65(5)132-101(10,11)12)111-99(126)104(19,59-72-30-25-26-31-81(72)105)60-89(120)96(66(6)133-102(13,14)15)110-93(122)46-45-85(116)82(106)57-92-112-114-115-113-92/h25-26,30-31,33-44,48-50,52,55,65-66,73-74,80,82-84,95-96H,22-24,27-29,32,45-47,51,53-54,56-62,106H2,1-21H3,(H2,107,121)(H,108,124)(H,109,125)(H,110,122)(H,111,126)(H,112,113,114,115)/t65-,66-,73-,74+,80?,82+,83+,84+,95+,96+,104-/m1/s1. The third-order valence-electron chi connectivity index (χ3n) is 22.7. The molecule has 730 valence electrons. The fraction of sp³-hybridized carbons (Fsp3) is 0.538. The van der Waals surface area contributed by atoms with Gasteiger partial charge < -0.3 is 70.6 Å². The predicted octanol–water partition coefficient (Wildman–Crippen LogP) is 14.2. The van der Waals surface area contributed by atoms with E-state index in [1.165, 1.54) is 46.3 Å². The molecule has 5 amide bonds. The molecular formula is C104H143FN10O19. The molecular weight excluding hydrogens is 1710 g/mol. The Hall–Kier alpha value is -11.5. The molecule has 30 heteroatoms. The average Bonchev–Trinajstić information content (AvgIpc) is 0.808. The molecule has 0 aliphatic rings. The summed E-state index contributed by atoms with van der Waals surface area (Å²) in [6, 6.07) is 30.3. The molecule has 1 unspecified atom stereocenters. The summed E-state index contributed by atoms with van der Waals surface area (Å²) in [7, 11) is 3.02. The number of hydrogen-bond acceptors (Lipinski definition) is 23. The average molecular weight is 1860 g/mol. The predicted molar refractivity (Wildman–Crippen MR) is 510 cm³/mol.